The highest BCUT2D eigenvalue weighted by molar-refractivity contribution is 5.94. The predicted molar refractivity (Wildman–Crippen MR) is 54.8 cm³/mol. The summed E-state index contributed by atoms with van der Waals surface area (Å²) in [5, 5.41) is 8.96. The Morgan fingerprint density at radius 1 is 1.33 bits per heavy atom. The molecule has 1 aromatic carbocycles. The largest absolute Gasteiger partial charge is 0.478 e. The molecule has 0 atom stereocenters. The maximum Gasteiger partial charge on any atom is 0.337 e. The maximum atomic E-state index is 13.6. The number of aromatic carboxylic acids is 1. The monoisotopic (exact) mass is 209 g/mol. The average molecular weight is 209 g/mol. The third kappa shape index (κ3) is 1.79. The van der Waals surface area contributed by atoms with Crippen LogP contribution < -0.4 is 4.90 Å². The summed E-state index contributed by atoms with van der Waals surface area (Å²) in [6.45, 7) is 1.47. The third-order valence-corrected chi connectivity index (χ3v) is 2.64. The van der Waals surface area contributed by atoms with E-state index in [1.165, 1.54) is 18.2 Å². The minimum atomic E-state index is -1.07. The van der Waals surface area contributed by atoms with Crippen molar-refractivity contribution >= 4 is 11.7 Å². The van der Waals surface area contributed by atoms with Crippen LogP contribution in [0, 0.1) is 5.82 Å². The smallest absolute Gasteiger partial charge is 0.337 e. The van der Waals surface area contributed by atoms with E-state index < -0.39 is 11.8 Å². The second kappa shape index (κ2) is 3.88. The minimum absolute atomic E-state index is 0.0527. The number of carboxylic acid groups (broad SMARTS) is 1. The molecule has 1 saturated heterocycles. The van der Waals surface area contributed by atoms with Gasteiger partial charge in [-0.1, -0.05) is 6.07 Å². The van der Waals surface area contributed by atoms with Gasteiger partial charge in [-0.15, -0.1) is 0 Å². The number of anilines is 1. The molecule has 1 heterocycles. The lowest BCUT2D eigenvalue weighted by Crippen LogP contribution is -2.22. The maximum absolute atomic E-state index is 13.6. The first-order valence-corrected chi connectivity index (χ1v) is 4.97. The summed E-state index contributed by atoms with van der Waals surface area (Å²) in [5.74, 6) is -1.52. The van der Waals surface area contributed by atoms with Gasteiger partial charge in [0.25, 0.3) is 0 Å². The number of para-hydroxylation sites is 1. The molecule has 1 fully saturated rings. The van der Waals surface area contributed by atoms with Gasteiger partial charge in [-0.25, -0.2) is 9.18 Å². The first-order valence-electron chi connectivity index (χ1n) is 4.97. The van der Waals surface area contributed by atoms with E-state index in [1.807, 2.05) is 0 Å². The van der Waals surface area contributed by atoms with Gasteiger partial charge in [0.15, 0.2) is 0 Å². The molecule has 1 aromatic rings. The number of rotatable bonds is 2. The number of carbonyl (C=O) groups is 1. The highest BCUT2D eigenvalue weighted by Crippen LogP contribution is 2.27. The van der Waals surface area contributed by atoms with Crippen LogP contribution in [-0.2, 0) is 0 Å². The number of halogens is 1. The Morgan fingerprint density at radius 3 is 2.60 bits per heavy atom. The van der Waals surface area contributed by atoms with Crippen molar-refractivity contribution in [1.82, 2.24) is 0 Å². The predicted octanol–water partition coefficient (Wildman–Crippen LogP) is 2.12. The fourth-order valence-corrected chi connectivity index (χ4v) is 1.95. The molecular weight excluding hydrogens is 197 g/mol. The summed E-state index contributed by atoms with van der Waals surface area (Å²) in [5.41, 5.74) is 0.291. The zero-order valence-corrected chi connectivity index (χ0v) is 8.24. The third-order valence-electron chi connectivity index (χ3n) is 2.64. The van der Waals surface area contributed by atoms with Crippen molar-refractivity contribution in [3.05, 3.63) is 29.6 Å². The summed E-state index contributed by atoms with van der Waals surface area (Å²) < 4.78 is 13.6. The van der Waals surface area contributed by atoms with Gasteiger partial charge in [0.2, 0.25) is 0 Å². The van der Waals surface area contributed by atoms with Gasteiger partial charge in [-0.3, -0.25) is 0 Å². The second-order valence-corrected chi connectivity index (χ2v) is 3.64. The van der Waals surface area contributed by atoms with Crippen LogP contribution in [-0.4, -0.2) is 24.2 Å². The molecule has 0 aromatic heterocycles. The first-order chi connectivity index (χ1) is 7.20. The zero-order valence-electron chi connectivity index (χ0n) is 8.24. The van der Waals surface area contributed by atoms with Crippen molar-refractivity contribution in [2.75, 3.05) is 18.0 Å². The molecule has 15 heavy (non-hydrogen) atoms. The van der Waals surface area contributed by atoms with E-state index in [0.717, 1.165) is 25.9 Å². The molecule has 0 amide bonds. The molecule has 1 aliphatic rings. The molecule has 3 nitrogen and oxygen atoms in total. The average Bonchev–Trinajstić information content (AvgIpc) is 2.70. The molecule has 1 N–H and O–H groups in total. The van der Waals surface area contributed by atoms with Crippen molar-refractivity contribution in [2.45, 2.75) is 12.8 Å². The van der Waals surface area contributed by atoms with E-state index in [0.29, 0.717) is 0 Å². The van der Waals surface area contributed by atoms with Crippen LogP contribution in [0.1, 0.15) is 23.2 Å². The molecule has 80 valence electrons. The topological polar surface area (TPSA) is 40.5 Å². The van der Waals surface area contributed by atoms with Crippen LogP contribution in [0.4, 0.5) is 10.1 Å². The van der Waals surface area contributed by atoms with Gasteiger partial charge in [0.05, 0.1) is 11.3 Å². The van der Waals surface area contributed by atoms with E-state index in [1.54, 1.807) is 4.90 Å². The van der Waals surface area contributed by atoms with Gasteiger partial charge in [0.1, 0.15) is 5.82 Å². The normalized spacial score (nSPS) is 15.7. The lowest BCUT2D eigenvalue weighted by molar-refractivity contribution is 0.0697. The van der Waals surface area contributed by atoms with Crippen molar-refractivity contribution in [2.24, 2.45) is 0 Å². The van der Waals surface area contributed by atoms with Gasteiger partial charge < -0.3 is 10.0 Å². The van der Waals surface area contributed by atoms with E-state index in [-0.39, 0.29) is 11.3 Å². The second-order valence-electron chi connectivity index (χ2n) is 3.64. The number of carboxylic acids is 1. The number of benzene rings is 1. The highest BCUT2D eigenvalue weighted by atomic mass is 19.1. The Hall–Kier alpha value is -1.58. The molecule has 0 saturated carbocycles. The van der Waals surface area contributed by atoms with Crippen LogP contribution in [0.2, 0.25) is 0 Å². The van der Waals surface area contributed by atoms with Gasteiger partial charge in [-0.2, -0.15) is 0 Å². The Kier molecular flexibility index (Phi) is 2.58. The SMILES string of the molecule is O=C(O)c1cccc(F)c1N1CCCC1. The molecular formula is C11H12FNO2. The lowest BCUT2D eigenvalue weighted by Gasteiger charge is -2.20. The van der Waals surface area contributed by atoms with Crippen LogP contribution in [0.3, 0.4) is 0 Å². The molecule has 2 rings (SSSR count). The summed E-state index contributed by atoms with van der Waals surface area (Å²) in [6, 6.07) is 4.18. The fourth-order valence-electron chi connectivity index (χ4n) is 1.95. The summed E-state index contributed by atoms with van der Waals surface area (Å²) in [6.07, 6.45) is 1.99. The zero-order chi connectivity index (χ0) is 10.8. The molecule has 0 unspecified atom stereocenters. The Bertz CT molecular complexity index is 386. The van der Waals surface area contributed by atoms with Crippen molar-refractivity contribution in [1.29, 1.82) is 0 Å². The van der Waals surface area contributed by atoms with Crippen molar-refractivity contribution in [3.8, 4) is 0 Å². The lowest BCUT2D eigenvalue weighted by atomic mass is 10.1. The van der Waals surface area contributed by atoms with Crippen molar-refractivity contribution < 1.29 is 14.3 Å². The highest BCUT2D eigenvalue weighted by Gasteiger charge is 2.22. The van der Waals surface area contributed by atoms with Crippen LogP contribution in [0.25, 0.3) is 0 Å². The van der Waals surface area contributed by atoms with Crippen molar-refractivity contribution in [3.63, 3.8) is 0 Å². The number of nitrogens with zero attached hydrogens (tertiary/aromatic N) is 1. The summed E-state index contributed by atoms with van der Waals surface area (Å²) in [7, 11) is 0. The van der Waals surface area contributed by atoms with Crippen LogP contribution in [0.5, 0.6) is 0 Å². The minimum Gasteiger partial charge on any atom is -0.478 e. The van der Waals surface area contributed by atoms with E-state index >= 15 is 0 Å². The molecule has 1 aliphatic heterocycles. The van der Waals surface area contributed by atoms with E-state index in [2.05, 4.69) is 0 Å². The Morgan fingerprint density at radius 2 is 2.00 bits per heavy atom. The standard InChI is InChI=1S/C11H12FNO2/c12-9-5-3-4-8(11(14)15)10(9)13-6-1-2-7-13/h3-5H,1-2,6-7H2,(H,14,15). The molecule has 0 bridgehead atoms. The van der Waals surface area contributed by atoms with E-state index in [9.17, 15) is 9.18 Å². The van der Waals surface area contributed by atoms with Gasteiger partial charge in [-0.05, 0) is 25.0 Å². The number of hydrogen-bond acceptors (Lipinski definition) is 2. The Balaban J connectivity index is 2.46. The Labute approximate surface area is 87.1 Å². The van der Waals surface area contributed by atoms with Crippen LogP contribution >= 0.6 is 0 Å². The van der Waals surface area contributed by atoms with E-state index in [4.69, 9.17) is 5.11 Å². The molecule has 0 spiro atoms. The van der Waals surface area contributed by atoms with Crippen LogP contribution in [0.15, 0.2) is 18.2 Å². The van der Waals surface area contributed by atoms with Gasteiger partial charge in [0, 0.05) is 13.1 Å². The molecule has 0 aliphatic carbocycles. The summed E-state index contributed by atoms with van der Waals surface area (Å²) >= 11 is 0. The quantitative estimate of drug-likeness (QED) is 0.811. The molecule has 4 heteroatoms. The number of hydrogen-bond donors (Lipinski definition) is 1. The fraction of sp³-hybridized carbons (Fsp3) is 0.364. The summed E-state index contributed by atoms with van der Waals surface area (Å²) in [4.78, 5) is 12.7. The molecule has 0 radical (unpaired) electrons. The first kappa shape index (κ1) is 9.96. The van der Waals surface area contributed by atoms with Gasteiger partial charge >= 0.3 is 5.97 Å².